The minimum absolute atomic E-state index is 0.796. The summed E-state index contributed by atoms with van der Waals surface area (Å²) in [6.07, 6.45) is 2.66. The number of rotatable bonds is 2. The van der Waals surface area contributed by atoms with Crippen LogP contribution in [0.5, 0.6) is 0 Å². The van der Waals surface area contributed by atoms with Gasteiger partial charge in [0.2, 0.25) is 0 Å². The normalized spacial score (nSPS) is 19.3. The molecule has 0 saturated carbocycles. The number of likely N-dealkylation sites (tertiary alicyclic amines) is 1. The first-order valence-electron chi connectivity index (χ1n) is 5.77. The second kappa shape index (κ2) is 5.30. The molecule has 82 valence electrons. The molecule has 2 rings (SSSR count). The van der Waals surface area contributed by atoms with Crippen molar-refractivity contribution in [3.8, 4) is 0 Å². The molecule has 0 aromatic heterocycles. The fourth-order valence-corrected chi connectivity index (χ4v) is 2.68. The number of piperidine rings is 1. The highest BCUT2D eigenvalue weighted by Gasteiger charge is 2.18. The van der Waals surface area contributed by atoms with Crippen molar-refractivity contribution in [2.24, 2.45) is 0 Å². The van der Waals surface area contributed by atoms with Crippen LogP contribution in [-0.4, -0.2) is 24.5 Å². The zero-order chi connectivity index (χ0) is 10.7. The topological polar surface area (TPSA) is 3.24 Å². The van der Waals surface area contributed by atoms with Gasteiger partial charge in [0, 0.05) is 3.57 Å². The molecule has 1 fully saturated rings. The molecule has 15 heavy (non-hydrogen) atoms. The highest BCUT2D eigenvalue weighted by Crippen LogP contribution is 2.28. The lowest BCUT2D eigenvalue weighted by Crippen LogP contribution is -2.32. The van der Waals surface area contributed by atoms with Crippen molar-refractivity contribution in [2.45, 2.75) is 25.7 Å². The van der Waals surface area contributed by atoms with E-state index in [-0.39, 0.29) is 0 Å². The number of hydrogen-bond acceptors (Lipinski definition) is 1. The molecule has 1 nitrogen and oxygen atoms in total. The summed E-state index contributed by atoms with van der Waals surface area (Å²) in [5, 5.41) is 0. The Balaban J connectivity index is 1.98. The Bertz CT molecular complexity index is 299. The maximum absolute atomic E-state index is 2.54. The zero-order valence-corrected chi connectivity index (χ0v) is 11.4. The molecule has 1 aromatic carbocycles. The van der Waals surface area contributed by atoms with Crippen LogP contribution in [0.1, 0.15) is 31.2 Å². The second-order valence-electron chi connectivity index (χ2n) is 4.26. The van der Waals surface area contributed by atoms with Gasteiger partial charge in [-0.2, -0.15) is 0 Å². The molecule has 0 bridgehead atoms. The molecule has 1 saturated heterocycles. The largest absolute Gasteiger partial charge is 0.304 e. The third-order valence-electron chi connectivity index (χ3n) is 3.38. The summed E-state index contributed by atoms with van der Waals surface area (Å²) < 4.78 is 1.34. The van der Waals surface area contributed by atoms with Gasteiger partial charge in [-0.25, -0.2) is 0 Å². The van der Waals surface area contributed by atoms with Crippen molar-refractivity contribution in [3.05, 3.63) is 33.4 Å². The SMILES string of the molecule is CCN1CCC(c2ccc(I)cc2)CC1. The monoisotopic (exact) mass is 315 g/mol. The number of nitrogens with zero attached hydrogens (tertiary/aromatic N) is 1. The standard InChI is InChI=1S/C13H18IN/c1-2-15-9-7-12(8-10-15)11-3-5-13(14)6-4-11/h3-6,12H,2,7-10H2,1H3. The minimum atomic E-state index is 0.796. The van der Waals surface area contributed by atoms with Gasteiger partial charge >= 0.3 is 0 Å². The fraction of sp³-hybridized carbons (Fsp3) is 0.538. The average molecular weight is 315 g/mol. The molecule has 0 N–H and O–H groups in total. The quantitative estimate of drug-likeness (QED) is 0.755. The minimum Gasteiger partial charge on any atom is -0.304 e. The Kier molecular flexibility index (Phi) is 4.03. The average Bonchev–Trinajstić information content (AvgIpc) is 2.30. The van der Waals surface area contributed by atoms with E-state index in [9.17, 15) is 0 Å². The van der Waals surface area contributed by atoms with E-state index in [4.69, 9.17) is 0 Å². The lowest BCUT2D eigenvalue weighted by molar-refractivity contribution is 0.222. The van der Waals surface area contributed by atoms with Crippen LogP contribution in [0, 0.1) is 3.57 Å². The summed E-state index contributed by atoms with van der Waals surface area (Å²) in [5.74, 6) is 0.796. The van der Waals surface area contributed by atoms with E-state index >= 15 is 0 Å². The molecule has 1 aliphatic rings. The van der Waals surface area contributed by atoms with Crippen LogP contribution < -0.4 is 0 Å². The van der Waals surface area contributed by atoms with Crippen molar-refractivity contribution in [2.75, 3.05) is 19.6 Å². The first-order valence-corrected chi connectivity index (χ1v) is 6.85. The molecule has 0 atom stereocenters. The van der Waals surface area contributed by atoms with Gasteiger partial charge in [-0.1, -0.05) is 19.1 Å². The lowest BCUT2D eigenvalue weighted by atomic mass is 9.89. The van der Waals surface area contributed by atoms with Crippen molar-refractivity contribution in [1.82, 2.24) is 4.90 Å². The van der Waals surface area contributed by atoms with Crippen molar-refractivity contribution in [1.29, 1.82) is 0 Å². The van der Waals surface area contributed by atoms with Crippen molar-refractivity contribution < 1.29 is 0 Å². The molecule has 0 radical (unpaired) electrons. The van der Waals surface area contributed by atoms with Crippen molar-refractivity contribution >= 4 is 22.6 Å². The van der Waals surface area contributed by atoms with Crippen LogP contribution in [-0.2, 0) is 0 Å². The highest BCUT2D eigenvalue weighted by atomic mass is 127. The van der Waals surface area contributed by atoms with Gasteiger partial charge in [-0.3, -0.25) is 0 Å². The van der Waals surface area contributed by atoms with Gasteiger partial charge < -0.3 is 4.90 Å². The number of halogens is 1. The van der Waals surface area contributed by atoms with E-state index in [0.29, 0.717) is 0 Å². The maximum atomic E-state index is 2.54. The van der Waals surface area contributed by atoms with E-state index in [2.05, 4.69) is 58.7 Å². The van der Waals surface area contributed by atoms with E-state index in [1.54, 1.807) is 0 Å². The van der Waals surface area contributed by atoms with Crippen LogP contribution in [0.3, 0.4) is 0 Å². The lowest BCUT2D eigenvalue weighted by Gasteiger charge is -2.31. The Labute approximate surface area is 106 Å². The van der Waals surface area contributed by atoms with Gasteiger partial charge in [0.25, 0.3) is 0 Å². The Hall–Kier alpha value is -0.0900. The van der Waals surface area contributed by atoms with Gasteiger partial charge in [0.15, 0.2) is 0 Å². The number of hydrogen-bond donors (Lipinski definition) is 0. The third-order valence-corrected chi connectivity index (χ3v) is 4.10. The molecule has 2 heteroatoms. The van der Waals surface area contributed by atoms with Crippen LogP contribution in [0.15, 0.2) is 24.3 Å². The molecule has 0 amide bonds. The van der Waals surface area contributed by atoms with Crippen LogP contribution in [0.4, 0.5) is 0 Å². The molecule has 0 aliphatic carbocycles. The molecular weight excluding hydrogens is 297 g/mol. The Morgan fingerprint density at radius 2 is 1.80 bits per heavy atom. The smallest absolute Gasteiger partial charge is 0.0130 e. The molecule has 0 spiro atoms. The zero-order valence-electron chi connectivity index (χ0n) is 9.25. The van der Waals surface area contributed by atoms with E-state index < -0.39 is 0 Å². The molecule has 1 heterocycles. The predicted octanol–water partition coefficient (Wildman–Crippen LogP) is 3.49. The summed E-state index contributed by atoms with van der Waals surface area (Å²) in [7, 11) is 0. The molecule has 0 unspecified atom stereocenters. The van der Waals surface area contributed by atoms with Crippen LogP contribution >= 0.6 is 22.6 Å². The molecular formula is C13H18IN. The van der Waals surface area contributed by atoms with Gasteiger partial charge in [-0.15, -0.1) is 0 Å². The number of benzene rings is 1. The summed E-state index contributed by atoms with van der Waals surface area (Å²) in [5.41, 5.74) is 1.53. The van der Waals surface area contributed by atoms with Gasteiger partial charge in [-0.05, 0) is 78.7 Å². The van der Waals surface area contributed by atoms with E-state index in [0.717, 1.165) is 5.92 Å². The van der Waals surface area contributed by atoms with Crippen molar-refractivity contribution in [3.63, 3.8) is 0 Å². The van der Waals surface area contributed by atoms with Gasteiger partial charge in [0.05, 0.1) is 0 Å². The fourth-order valence-electron chi connectivity index (χ4n) is 2.32. The Morgan fingerprint density at radius 3 is 2.33 bits per heavy atom. The summed E-state index contributed by atoms with van der Waals surface area (Å²) in [6, 6.07) is 9.05. The van der Waals surface area contributed by atoms with E-state index in [1.807, 2.05) is 0 Å². The Morgan fingerprint density at radius 1 is 1.20 bits per heavy atom. The second-order valence-corrected chi connectivity index (χ2v) is 5.51. The summed E-state index contributed by atoms with van der Waals surface area (Å²) in [6.45, 7) is 6.00. The molecule has 1 aromatic rings. The van der Waals surface area contributed by atoms with E-state index in [1.165, 1.54) is 41.6 Å². The summed E-state index contributed by atoms with van der Waals surface area (Å²) >= 11 is 2.37. The van der Waals surface area contributed by atoms with Gasteiger partial charge in [0.1, 0.15) is 0 Å². The summed E-state index contributed by atoms with van der Waals surface area (Å²) in [4.78, 5) is 2.54. The maximum Gasteiger partial charge on any atom is 0.0130 e. The first kappa shape index (κ1) is 11.4. The third kappa shape index (κ3) is 2.94. The van der Waals surface area contributed by atoms with Crippen LogP contribution in [0.2, 0.25) is 0 Å². The first-order chi connectivity index (χ1) is 7.29. The predicted molar refractivity (Wildman–Crippen MR) is 73.2 cm³/mol. The molecule has 1 aliphatic heterocycles. The van der Waals surface area contributed by atoms with Crippen LogP contribution in [0.25, 0.3) is 0 Å². The highest BCUT2D eigenvalue weighted by molar-refractivity contribution is 14.1.